The van der Waals surface area contributed by atoms with Crippen molar-refractivity contribution in [2.45, 2.75) is 32.1 Å². The average Bonchev–Trinajstić information content (AvgIpc) is 2.86. The molecule has 1 aliphatic rings. The molecule has 0 spiro atoms. The van der Waals surface area contributed by atoms with E-state index < -0.39 is 17.2 Å². The first-order valence-electron chi connectivity index (χ1n) is 8.11. The molecule has 1 unspecified atom stereocenters. The van der Waals surface area contributed by atoms with Crippen LogP contribution in [0.3, 0.4) is 0 Å². The van der Waals surface area contributed by atoms with E-state index in [0.717, 1.165) is 5.56 Å². The van der Waals surface area contributed by atoms with Crippen molar-refractivity contribution >= 4 is 17.7 Å². The summed E-state index contributed by atoms with van der Waals surface area (Å²) in [4.78, 5) is 36.8. The molecule has 0 saturated carbocycles. The quantitative estimate of drug-likeness (QED) is 0.474. The molecule has 4 N–H and O–H groups in total. The predicted molar refractivity (Wildman–Crippen MR) is 86.7 cm³/mol. The van der Waals surface area contributed by atoms with Gasteiger partial charge in [-0.1, -0.05) is 12.1 Å². The molecule has 1 aromatic rings. The highest BCUT2D eigenvalue weighted by molar-refractivity contribution is 5.92. The SMILES string of the molecule is NC(=O)CN1CCC(CCCc2ccc(F)cc2)(CC(=O)NO)C1=O. The molecule has 0 bridgehead atoms. The number of nitrogens with one attached hydrogen (secondary N) is 1. The second-order valence-corrected chi connectivity index (χ2v) is 6.42. The fraction of sp³-hybridized carbons (Fsp3) is 0.471. The van der Waals surface area contributed by atoms with Gasteiger partial charge in [0.1, 0.15) is 5.82 Å². The van der Waals surface area contributed by atoms with Crippen molar-refractivity contribution < 1.29 is 24.0 Å². The summed E-state index contributed by atoms with van der Waals surface area (Å²) in [5.41, 5.74) is 6.70. The summed E-state index contributed by atoms with van der Waals surface area (Å²) in [7, 11) is 0. The maximum absolute atomic E-state index is 12.9. The van der Waals surface area contributed by atoms with Crippen molar-refractivity contribution in [2.75, 3.05) is 13.1 Å². The minimum Gasteiger partial charge on any atom is -0.368 e. The molecule has 25 heavy (non-hydrogen) atoms. The molecule has 136 valence electrons. The first-order chi connectivity index (χ1) is 11.9. The highest BCUT2D eigenvalue weighted by Crippen LogP contribution is 2.40. The summed E-state index contributed by atoms with van der Waals surface area (Å²) >= 11 is 0. The van der Waals surface area contributed by atoms with Gasteiger partial charge in [-0.2, -0.15) is 0 Å². The van der Waals surface area contributed by atoms with Crippen LogP contribution in [0.25, 0.3) is 0 Å². The van der Waals surface area contributed by atoms with Gasteiger partial charge < -0.3 is 10.6 Å². The van der Waals surface area contributed by atoms with Crippen LogP contribution in [0.4, 0.5) is 4.39 Å². The van der Waals surface area contributed by atoms with Crippen LogP contribution in [0, 0.1) is 11.2 Å². The van der Waals surface area contributed by atoms with Crippen LogP contribution in [-0.4, -0.2) is 40.9 Å². The van der Waals surface area contributed by atoms with E-state index >= 15 is 0 Å². The van der Waals surface area contributed by atoms with Gasteiger partial charge in [-0.3, -0.25) is 19.6 Å². The van der Waals surface area contributed by atoms with Crippen molar-refractivity contribution in [3.63, 3.8) is 0 Å². The van der Waals surface area contributed by atoms with Crippen LogP contribution >= 0.6 is 0 Å². The van der Waals surface area contributed by atoms with Crippen molar-refractivity contribution in [3.8, 4) is 0 Å². The number of likely N-dealkylation sites (tertiary alicyclic amines) is 1. The van der Waals surface area contributed by atoms with Gasteiger partial charge in [-0.15, -0.1) is 0 Å². The number of hydroxylamine groups is 1. The fourth-order valence-corrected chi connectivity index (χ4v) is 3.34. The van der Waals surface area contributed by atoms with E-state index in [9.17, 15) is 18.8 Å². The zero-order valence-corrected chi connectivity index (χ0v) is 13.8. The minimum atomic E-state index is -0.956. The molecule has 2 rings (SSSR count). The Morgan fingerprint density at radius 1 is 1.32 bits per heavy atom. The molecule has 1 aliphatic heterocycles. The third kappa shape index (κ3) is 4.76. The number of rotatable bonds is 8. The maximum atomic E-state index is 12.9. The molecule has 8 heteroatoms. The first kappa shape index (κ1) is 18.9. The summed E-state index contributed by atoms with van der Waals surface area (Å²) in [5, 5.41) is 8.80. The summed E-state index contributed by atoms with van der Waals surface area (Å²) in [6, 6.07) is 6.11. The second kappa shape index (κ2) is 8.06. The third-order valence-electron chi connectivity index (χ3n) is 4.61. The number of nitrogens with zero attached hydrogens (tertiary/aromatic N) is 1. The lowest BCUT2D eigenvalue weighted by molar-refractivity contribution is -0.143. The first-order valence-corrected chi connectivity index (χ1v) is 8.11. The number of amides is 3. The normalized spacial score (nSPS) is 19.9. The Morgan fingerprint density at radius 2 is 2.00 bits per heavy atom. The van der Waals surface area contributed by atoms with Gasteiger partial charge in [-0.25, -0.2) is 9.87 Å². The van der Waals surface area contributed by atoms with Gasteiger partial charge in [0.05, 0.1) is 12.0 Å². The monoisotopic (exact) mass is 351 g/mol. The highest BCUT2D eigenvalue weighted by atomic mass is 19.1. The van der Waals surface area contributed by atoms with Gasteiger partial charge in [0.2, 0.25) is 17.7 Å². The van der Waals surface area contributed by atoms with E-state index in [-0.39, 0.29) is 24.7 Å². The van der Waals surface area contributed by atoms with Crippen molar-refractivity contribution in [3.05, 3.63) is 35.6 Å². The number of hydrogen-bond acceptors (Lipinski definition) is 4. The van der Waals surface area contributed by atoms with E-state index in [1.54, 1.807) is 17.6 Å². The lowest BCUT2D eigenvalue weighted by atomic mass is 9.77. The van der Waals surface area contributed by atoms with Crippen molar-refractivity contribution in [2.24, 2.45) is 11.1 Å². The number of primary amides is 1. The minimum absolute atomic E-state index is 0.152. The number of carbonyl (C=O) groups excluding carboxylic acids is 3. The van der Waals surface area contributed by atoms with E-state index in [2.05, 4.69) is 0 Å². The lowest BCUT2D eigenvalue weighted by Crippen LogP contribution is -2.41. The van der Waals surface area contributed by atoms with Crippen molar-refractivity contribution in [1.82, 2.24) is 10.4 Å². The number of nitrogens with two attached hydrogens (primary N) is 1. The molecule has 1 heterocycles. The largest absolute Gasteiger partial charge is 0.368 e. The zero-order valence-electron chi connectivity index (χ0n) is 13.8. The molecule has 0 radical (unpaired) electrons. The van der Waals surface area contributed by atoms with Crippen LogP contribution in [-0.2, 0) is 20.8 Å². The van der Waals surface area contributed by atoms with Crippen LogP contribution in [0.2, 0.25) is 0 Å². The van der Waals surface area contributed by atoms with Gasteiger partial charge in [0.25, 0.3) is 0 Å². The van der Waals surface area contributed by atoms with E-state index in [1.807, 2.05) is 0 Å². The lowest BCUT2D eigenvalue weighted by Gasteiger charge is -2.27. The number of benzene rings is 1. The summed E-state index contributed by atoms with van der Waals surface area (Å²) in [6.45, 7) is 0.163. The molecule has 1 saturated heterocycles. The molecule has 1 fully saturated rings. The van der Waals surface area contributed by atoms with Crippen LogP contribution in [0.15, 0.2) is 24.3 Å². The Balaban J connectivity index is 2.05. The molecule has 0 aliphatic carbocycles. The van der Waals surface area contributed by atoms with Gasteiger partial charge in [-0.05, 0) is 43.4 Å². The molecule has 1 atom stereocenters. The van der Waals surface area contributed by atoms with Crippen LogP contribution in [0.5, 0.6) is 0 Å². The number of aryl methyl sites for hydroxylation is 1. The van der Waals surface area contributed by atoms with E-state index in [0.29, 0.717) is 32.2 Å². The smallest absolute Gasteiger partial charge is 0.244 e. The van der Waals surface area contributed by atoms with E-state index in [1.165, 1.54) is 17.0 Å². The Morgan fingerprint density at radius 3 is 2.60 bits per heavy atom. The summed E-state index contributed by atoms with van der Waals surface area (Å²) < 4.78 is 12.9. The molecular weight excluding hydrogens is 329 g/mol. The Bertz CT molecular complexity index is 650. The van der Waals surface area contributed by atoms with Gasteiger partial charge in [0, 0.05) is 13.0 Å². The average molecular weight is 351 g/mol. The Labute approximate surface area is 144 Å². The number of carbonyl (C=O) groups is 3. The van der Waals surface area contributed by atoms with E-state index in [4.69, 9.17) is 10.9 Å². The van der Waals surface area contributed by atoms with Crippen LogP contribution < -0.4 is 11.2 Å². The van der Waals surface area contributed by atoms with Crippen LogP contribution in [0.1, 0.15) is 31.2 Å². The van der Waals surface area contributed by atoms with Gasteiger partial charge >= 0.3 is 0 Å². The third-order valence-corrected chi connectivity index (χ3v) is 4.61. The predicted octanol–water partition coefficient (Wildman–Crippen LogP) is 0.748. The molecule has 1 aromatic carbocycles. The topological polar surface area (TPSA) is 113 Å². The molecule has 7 nitrogen and oxygen atoms in total. The molecular formula is C17H22FN3O4. The van der Waals surface area contributed by atoms with Crippen molar-refractivity contribution in [1.29, 1.82) is 0 Å². The summed E-state index contributed by atoms with van der Waals surface area (Å²) in [6.07, 6.45) is 1.93. The zero-order chi connectivity index (χ0) is 18.4. The number of hydrogen-bond donors (Lipinski definition) is 3. The fourth-order valence-electron chi connectivity index (χ4n) is 3.34. The standard InChI is InChI=1S/C17H22FN3O4/c18-13-5-3-12(4-6-13)2-1-7-17(10-15(23)20-25)8-9-21(16(17)24)11-14(19)22/h3-6,25H,1-2,7-11H2,(H2,19,22)(H,20,23). The Hall–Kier alpha value is -2.48. The maximum Gasteiger partial charge on any atom is 0.244 e. The highest BCUT2D eigenvalue weighted by Gasteiger charge is 2.47. The molecule has 3 amide bonds. The Kier molecular flexibility index (Phi) is 6.08. The van der Waals surface area contributed by atoms with Gasteiger partial charge in [0.15, 0.2) is 0 Å². The summed E-state index contributed by atoms with van der Waals surface area (Å²) in [5.74, 6) is -1.86. The number of halogens is 1. The second-order valence-electron chi connectivity index (χ2n) is 6.42. The molecule has 0 aromatic heterocycles.